The molecule has 0 atom stereocenters. The third-order valence-corrected chi connectivity index (χ3v) is 2.95. The lowest BCUT2D eigenvalue weighted by atomic mass is 10.2. The maximum absolute atomic E-state index is 12.0. The van der Waals surface area contributed by atoms with Crippen molar-refractivity contribution >= 4 is 23.2 Å². The average Bonchev–Trinajstić information content (AvgIpc) is 3.02. The Labute approximate surface area is 124 Å². The van der Waals surface area contributed by atoms with E-state index in [0.29, 0.717) is 17.1 Å². The first-order chi connectivity index (χ1) is 10.2. The van der Waals surface area contributed by atoms with Crippen LogP contribution in [0.15, 0.2) is 53.4 Å². The first kappa shape index (κ1) is 13.3. The number of hydrogen-bond donors (Lipinski definition) is 1. The molecule has 2 heterocycles. The van der Waals surface area contributed by atoms with Crippen LogP contribution in [0.5, 0.6) is 0 Å². The first-order valence-electron chi connectivity index (χ1n) is 6.02. The van der Waals surface area contributed by atoms with E-state index in [-0.39, 0.29) is 11.1 Å². The van der Waals surface area contributed by atoms with Crippen LogP contribution in [-0.2, 0) is 0 Å². The second-order valence-corrected chi connectivity index (χ2v) is 4.53. The van der Waals surface area contributed by atoms with E-state index in [4.69, 9.17) is 16.0 Å². The third kappa shape index (κ3) is 3.06. The molecular formula is C14H9ClN4O2. The van der Waals surface area contributed by atoms with E-state index in [1.54, 1.807) is 30.3 Å². The second kappa shape index (κ2) is 5.72. The molecular weight excluding hydrogens is 292 g/mol. The molecule has 21 heavy (non-hydrogen) atoms. The highest BCUT2D eigenvalue weighted by atomic mass is 35.5. The average molecular weight is 301 g/mol. The summed E-state index contributed by atoms with van der Waals surface area (Å²) in [5.74, 6) is 0.165. The number of amides is 1. The molecule has 7 heteroatoms. The quantitative estimate of drug-likeness (QED) is 0.752. The summed E-state index contributed by atoms with van der Waals surface area (Å²) in [5.41, 5.74) is 1.87. The lowest BCUT2D eigenvalue weighted by Crippen LogP contribution is -2.11. The van der Waals surface area contributed by atoms with Gasteiger partial charge in [-0.25, -0.2) is 4.98 Å². The molecule has 1 amide bonds. The van der Waals surface area contributed by atoms with Crippen LogP contribution in [0, 0.1) is 0 Å². The molecule has 2 aromatic heterocycles. The van der Waals surface area contributed by atoms with Gasteiger partial charge in [-0.1, -0.05) is 11.6 Å². The Hall–Kier alpha value is -2.73. The largest absolute Gasteiger partial charge is 0.423 e. The smallest absolute Gasteiger partial charge is 0.255 e. The fourth-order valence-corrected chi connectivity index (χ4v) is 1.92. The molecule has 0 saturated carbocycles. The van der Waals surface area contributed by atoms with Crippen molar-refractivity contribution in [3.63, 3.8) is 0 Å². The molecule has 0 bridgehead atoms. The molecule has 3 aromatic rings. The first-order valence-corrected chi connectivity index (χ1v) is 6.40. The van der Waals surface area contributed by atoms with Crippen LogP contribution >= 0.6 is 11.6 Å². The number of nitrogens with zero attached hydrogens (tertiary/aromatic N) is 3. The monoisotopic (exact) mass is 300 g/mol. The van der Waals surface area contributed by atoms with Crippen molar-refractivity contribution < 1.29 is 9.21 Å². The van der Waals surface area contributed by atoms with Crippen molar-refractivity contribution in [2.24, 2.45) is 0 Å². The summed E-state index contributed by atoms with van der Waals surface area (Å²) in [7, 11) is 0. The van der Waals surface area contributed by atoms with Gasteiger partial charge in [0.05, 0.1) is 0 Å². The molecule has 0 saturated heterocycles. The number of anilines is 1. The fraction of sp³-hybridized carbons (Fsp3) is 0. The van der Waals surface area contributed by atoms with Gasteiger partial charge in [-0.2, -0.15) is 0 Å². The van der Waals surface area contributed by atoms with Crippen molar-refractivity contribution in [2.75, 3.05) is 5.32 Å². The van der Waals surface area contributed by atoms with Crippen molar-refractivity contribution in [1.29, 1.82) is 0 Å². The molecule has 0 aliphatic heterocycles. The fourth-order valence-electron chi connectivity index (χ4n) is 1.74. The zero-order valence-corrected chi connectivity index (χ0v) is 11.4. The van der Waals surface area contributed by atoms with Crippen LogP contribution in [-0.4, -0.2) is 21.1 Å². The maximum Gasteiger partial charge on any atom is 0.255 e. The van der Waals surface area contributed by atoms with Crippen LogP contribution in [0.3, 0.4) is 0 Å². The molecule has 0 radical (unpaired) electrons. The molecule has 0 aliphatic carbocycles. The Morgan fingerprint density at radius 2 is 2.00 bits per heavy atom. The number of aromatic nitrogens is 3. The van der Waals surface area contributed by atoms with Crippen LogP contribution in [0.25, 0.3) is 11.5 Å². The SMILES string of the molecule is O=C(Nc1ccc(-c2nnco2)cc1)c1ccnc(Cl)c1. The zero-order chi connectivity index (χ0) is 14.7. The van der Waals surface area contributed by atoms with Crippen LogP contribution in [0.4, 0.5) is 5.69 Å². The minimum atomic E-state index is -0.259. The Morgan fingerprint density at radius 1 is 1.19 bits per heavy atom. The normalized spacial score (nSPS) is 10.3. The summed E-state index contributed by atoms with van der Waals surface area (Å²) in [5, 5.41) is 10.5. The van der Waals surface area contributed by atoms with Gasteiger partial charge in [0.2, 0.25) is 12.3 Å². The summed E-state index contributed by atoms with van der Waals surface area (Å²) in [4.78, 5) is 15.9. The Morgan fingerprint density at radius 3 is 2.67 bits per heavy atom. The van der Waals surface area contributed by atoms with Gasteiger partial charge in [0.15, 0.2) is 0 Å². The van der Waals surface area contributed by atoms with Crippen LogP contribution in [0.1, 0.15) is 10.4 Å². The highest BCUT2D eigenvalue weighted by molar-refractivity contribution is 6.29. The van der Waals surface area contributed by atoms with Crippen molar-refractivity contribution in [3.05, 3.63) is 59.7 Å². The summed E-state index contributed by atoms with van der Waals surface area (Å²) in [6.45, 7) is 0. The predicted octanol–water partition coefficient (Wildman–Crippen LogP) is 3.04. The number of pyridine rings is 1. The van der Waals surface area contributed by atoms with Gasteiger partial charge in [-0.3, -0.25) is 4.79 Å². The van der Waals surface area contributed by atoms with Crippen LogP contribution < -0.4 is 5.32 Å². The molecule has 1 aromatic carbocycles. The van der Waals surface area contributed by atoms with E-state index in [2.05, 4.69) is 20.5 Å². The number of nitrogens with one attached hydrogen (secondary N) is 1. The number of benzene rings is 1. The molecule has 0 unspecified atom stereocenters. The number of halogens is 1. The molecule has 0 fully saturated rings. The zero-order valence-electron chi connectivity index (χ0n) is 10.7. The number of hydrogen-bond acceptors (Lipinski definition) is 5. The third-order valence-electron chi connectivity index (χ3n) is 2.74. The maximum atomic E-state index is 12.0. The number of carbonyl (C=O) groups excluding carboxylic acids is 1. The second-order valence-electron chi connectivity index (χ2n) is 4.14. The molecule has 104 valence electrons. The standard InChI is InChI=1S/C14H9ClN4O2/c15-12-7-10(5-6-16-12)13(20)18-11-3-1-9(2-4-11)14-19-17-8-21-14/h1-8H,(H,18,20). The summed E-state index contributed by atoms with van der Waals surface area (Å²) >= 11 is 5.76. The summed E-state index contributed by atoms with van der Waals surface area (Å²) in [6.07, 6.45) is 2.74. The van der Waals surface area contributed by atoms with E-state index in [9.17, 15) is 4.79 Å². The highest BCUT2D eigenvalue weighted by Gasteiger charge is 2.08. The van der Waals surface area contributed by atoms with E-state index < -0.39 is 0 Å². The lowest BCUT2D eigenvalue weighted by Gasteiger charge is -2.05. The van der Waals surface area contributed by atoms with E-state index in [1.807, 2.05) is 0 Å². The topological polar surface area (TPSA) is 80.9 Å². The lowest BCUT2D eigenvalue weighted by molar-refractivity contribution is 0.102. The van der Waals surface area contributed by atoms with Crippen molar-refractivity contribution in [1.82, 2.24) is 15.2 Å². The molecule has 3 rings (SSSR count). The van der Waals surface area contributed by atoms with Crippen molar-refractivity contribution in [2.45, 2.75) is 0 Å². The Kier molecular flexibility index (Phi) is 3.61. The molecule has 0 spiro atoms. The Balaban J connectivity index is 1.75. The van der Waals surface area contributed by atoms with Gasteiger partial charge in [-0.05, 0) is 36.4 Å². The molecule has 1 N–H and O–H groups in total. The van der Waals surface area contributed by atoms with E-state index in [1.165, 1.54) is 18.7 Å². The summed E-state index contributed by atoms with van der Waals surface area (Å²) < 4.78 is 5.09. The minimum Gasteiger partial charge on any atom is -0.423 e. The highest BCUT2D eigenvalue weighted by Crippen LogP contribution is 2.19. The summed E-state index contributed by atoms with van der Waals surface area (Å²) in [6, 6.07) is 10.2. The predicted molar refractivity (Wildman–Crippen MR) is 76.9 cm³/mol. The van der Waals surface area contributed by atoms with Gasteiger partial charge >= 0.3 is 0 Å². The molecule has 6 nitrogen and oxygen atoms in total. The van der Waals surface area contributed by atoms with E-state index >= 15 is 0 Å². The van der Waals surface area contributed by atoms with Gasteiger partial charge in [0.1, 0.15) is 5.15 Å². The number of carbonyl (C=O) groups is 1. The Bertz CT molecular complexity index is 757. The van der Waals surface area contributed by atoms with E-state index in [0.717, 1.165) is 5.56 Å². The minimum absolute atomic E-state index is 0.259. The van der Waals surface area contributed by atoms with Crippen LogP contribution in [0.2, 0.25) is 5.15 Å². The van der Waals surface area contributed by atoms with Gasteiger partial charge in [-0.15, -0.1) is 10.2 Å². The van der Waals surface area contributed by atoms with Gasteiger partial charge < -0.3 is 9.73 Å². The number of rotatable bonds is 3. The van der Waals surface area contributed by atoms with Crippen molar-refractivity contribution in [3.8, 4) is 11.5 Å². The van der Waals surface area contributed by atoms with Gasteiger partial charge in [0, 0.05) is 23.0 Å². The molecule has 0 aliphatic rings. The van der Waals surface area contributed by atoms with Gasteiger partial charge in [0.25, 0.3) is 5.91 Å².